The maximum Gasteiger partial charge on any atom is 0.300 e. The molecule has 0 bridgehead atoms. The van der Waals surface area contributed by atoms with E-state index in [9.17, 15) is 19.1 Å². The molecule has 1 saturated heterocycles. The Morgan fingerprint density at radius 3 is 2.31 bits per heavy atom. The van der Waals surface area contributed by atoms with Crippen LogP contribution < -0.4 is 4.90 Å². The SMILES string of the molecule is O=C1C(=O)N(c2ccc(F)cc2)C(c2ccncc2)/C1=C(/O)c1cccc2ccccc12. The molecule has 1 fully saturated rings. The maximum atomic E-state index is 13.5. The summed E-state index contributed by atoms with van der Waals surface area (Å²) in [4.78, 5) is 31.6. The number of hydrogen-bond donors (Lipinski definition) is 1. The van der Waals surface area contributed by atoms with Gasteiger partial charge >= 0.3 is 0 Å². The zero-order chi connectivity index (χ0) is 22.2. The Kier molecular flexibility index (Phi) is 4.75. The van der Waals surface area contributed by atoms with Gasteiger partial charge < -0.3 is 5.11 Å². The number of anilines is 1. The first-order valence-electron chi connectivity index (χ1n) is 10.0. The Morgan fingerprint density at radius 1 is 0.875 bits per heavy atom. The molecule has 1 aliphatic rings. The van der Waals surface area contributed by atoms with Crippen LogP contribution in [0.25, 0.3) is 16.5 Å². The van der Waals surface area contributed by atoms with Crippen LogP contribution in [0.2, 0.25) is 0 Å². The standard InChI is InChI=1S/C26H17FN2O3/c27-18-8-10-19(11-9-18)29-23(17-12-14-28-15-13-17)22(25(31)26(29)32)24(30)21-7-3-5-16-4-1-2-6-20(16)21/h1-15,23,30H/b24-22-. The number of aromatic nitrogens is 1. The van der Waals surface area contributed by atoms with E-state index in [1.807, 2.05) is 30.3 Å². The van der Waals surface area contributed by atoms with Gasteiger partial charge in [0.25, 0.3) is 11.7 Å². The Balaban J connectivity index is 1.77. The molecule has 3 aromatic carbocycles. The number of aliphatic hydroxyl groups is 1. The molecule has 1 aliphatic heterocycles. The number of nitrogens with zero attached hydrogens (tertiary/aromatic N) is 2. The number of benzene rings is 3. The normalized spacial score (nSPS) is 17.8. The fraction of sp³-hybridized carbons (Fsp3) is 0.0385. The van der Waals surface area contributed by atoms with Crippen molar-refractivity contribution in [3.8, 4) is 0 Å². The third-order valence-corrected chi connectivity index (χ3v) is 5.62. The van der Waals surface area contributed by atoms with E-state index in [-0.39, 0.29) is 11.3 Å². The molecule has 5 rings (SSSR count). The number of ketones is 1. The molecule has 0 radical (unpaired) electrons. The predicted molar refractivity (Wildman–Crippen MR) is 119 cm³/mol. The van der Waals surface area contributed by atoms with Crippen LogP contribution in [0.1, 0.15) is 17.2 Å². The number of aliphatic hydroxyl groups excluding tert-OH is 1. The molecule has 2 heterocycles. The van der Waals surface area contributed by atoms with Crippen molar-refractivity contribution in [2.45, 2.75) is 6.04 Å². The molecule has 1 N–H and O–H groups in total. The summed E-state index contributed by atoms with van der Waals surface area (Å²) in [6.07, 6.45) is 3.11. The highest BCUT2D eigenvalue weighted by Gasteiger charge is 2.47. The topological polar surface area (TPSA) is 70.5 Å². The van der Waals surface area contributed by atoms with Gasteiger partial charge in [-0.25, -0.2) is 4.39 Å². The van der Waals surface area contributed by atoms with Crippen molar-refractivity contribution in [1.29, 1.82) is 0 Å². The Bertz CT molecular complexity index is 1380. The van der Waals surface area contributed by atoms with Gasteiger partial charge in [-0.3, -0.25) is 19.5 Å². The summed E-state index contributed by atoms with van der Waals surface area (Å²) in [6.45, 7) is 0. The van der Waals surface area contributed by atoms with E-state index in [1.54, 1.807) is 36.7 Å². The van der Waals surface area contributed by atoms with Gasteiger partial charge in [0.15, 0.2) is 0 Å². The number of fused-ring (bicyclic) bond motifs is 1. The molecule has 1 atom stereocenters. The van der Waals surface area contributed by atoms with Crippen LogP contribution in [0.3, 0.4) is 0 Å². The van der Waals surface area contributed by atoms with E-state index >= 15 is 0 Å². The summed E-state index contributed by atoms with van der Waals surface area (Å²) in [5, 5.41) is 13.0. The third kappa shape index (κ3) is 3.13. The zero-order valence-electron chi connectivity index (χ0n) is 16.8. The Labute approximate surface area is 183 Å². The van der Waals surface area contributed by atoms with Crippen LogP contribution in [-0.2, 0) is 9.59 Å². The minimum absolute atomic E-state index is 0.0260. The van der Waals surface area contributed by atoms with Gasteiger partial charge in [-0.2, -0.15) is 0 Å². The number of halogens is 1. The minimum Gasteiger partial charge on any atom is -0.507 e. The van der Waals surface area contributed by atoms with Gasteiger partial charge in [-0.15, -0.1) is 0 Å². The number of amides is 1. The van der Waals surface area contributed by atoms with Crippen molar-refractivity contribution < 1.29 is 19.1 Å². The number of carbonyl (C=O) groups excluding carboxylic acids is 2. The summed E-state index contributed by atoms with van der Waals surface area (Å²) in [5.74, 6) is -2.31. The molecule has 156 valence electrons. The predicted octanol–water partition coefficient (Wildman–Crippen LogP) is 5.00. The second-order valence-electron chi connectivity index (χ2n) is 7.45. The van der Waals surface area contributed by atoms with Gasteiger partial charge in [-0.05, 0) is 52.7 Å². The van der Waals surface area contributed by atoms with Gasteiger partial charge in [0, 0.05) is 23.6 Å². The van der Waals surface area contributed by atoms with Crippen molar-refractivity contribution in [3.63, 3.8) is 0 Å². The summed E-state index contributed by atoms with van der Waals surface area (Å²) in [7, 11) is 0. The van der Waals surface area contributed by atoms with Crippen LogP contribution in [-0.4, -0.2) is 21.8 Å². The highest BCUT2D eigenvalue weighted by atomic mass is 19.1. The van der Waals surface area contributed by atoms with E-state index in [0.717, 1.165) is 10.8 Å². The largest absolute Gasteiger partial charge is 0.507 e. The second-order valence-corrected chi connectivity index (χ2v) is 7.45. The number of rotatable bonds is 3. The molecular formula is C26H17FN2O3. The van der Waals surface area contributed by atoms with Gasteiger partial charge in [0.2, 0.25) is 0 Å². The van der Waals surface area contributed by atoms with E-state index in [0.29, 0.717) is 16.8 Å². The van der Waals surface area contributed by atoms with Crippen LogP contribution in [0, 0.1) is 5.82 Å². The summed E-state index contributed by atoms with van der Waals surface area (Å²) >= 11 is 0. The number of carbonyl (C=O) groups is 2. The molecule has 4 aromatic rings. The van der Waals surface area contributed by atoms with Crippen LogP contribution in [0.5, 0.6) is 0 Å². The smallest absolute Gasteiger partial charge is 0.300 e. The first-order chi connectivity index (χ1) is 15.6. The summed E-state index contributed by atoms with van der Waals surface area (Å²) in [5.41, 5.74) is 1.39. The maximum absolute atomic E-state index is 13.5. The van der Waals surface area contributed by atoms with E-state index in [2.05, 4.69) is 4.98 Å². The zero-order valence-corrected chi connectivity index (χ0v) is 16.8. The van der Waals surface area contributed by atoms with Crippen molar-refractivity contribution in [2.24, 2.45) is 0 Å². The lowest BCUT2D eigenvalue weighted by Gasteiger charge is -2.25. The van der Waals surface area contributed by atoms with Crippen LogP contribution in [0.4, 0.5) is 10.1 Å². The summed E-state index contributed by atoms with van der Waals surface area (Å²) in [6, 6.07) is 20.7. The number of hydrogen-bond acceptors (Lipinski definition) is 4. The highest BCUT2D eigenvalue weighted by molar-refractivity contribution is 6.51. The first-order valence-corrected chi connectivity index (χ1v) is 10.0. The number of pyridine rings is 1. The molecule has 1 amide bonds. The van der Waals surface area contributed by atoms with Gasteiger partial charge in [-0.1, -0.05) is 42.5 Å². The van der Waals surface area contributed by atoms with Crippen LogP contribution in [0.15, 0.2) is 96.8 Å². The molecule has 1 aromatic heterocycles. The van der Waals surface area contributed by atoms with Crippen molar-refractivity contribution in [1.82, 2.24) is 4.98 Å². The fourth-order valence-corrected chi connectivity index (χ4v) is 4.14. The first kappa shape index (κ1) is 19.6. The van der Waals surface area contributed by atoms with Crippen molar-refractivity contribution in [3.05, 3.63) is 114 Å². The second kappa shape index (κ2) is 7.74. The van der Waals surface area contributed by atoms with E-state index in [4.69, 9.17) is 0 Å². The summed E-state index contributed by atoms with van der Waals surface area (Å²) < 4.78 is 13.5. The third-order valence-electron chi connectivity index (χ3n) is 5.62. The van der Waals surface area contributed by atoms with Crippen molar-refractivity contribution >= 4 is 33.9 Å². The molecule has 1 unspecified atom stereocenters. The number of Topliss-reactive ketones (excluding diaryl/α,β-unsaturated/α-hetero) is 1. The molecule has 0 saturated carbocycles. The molecule has 6 heteroatoms. The van der Waals surface area contributed by atoms with Gasteiger partial charge in [0.05, 0.1) is 11.6 Å². The lowest BCUT2D eigenvalue weighted by molar-refractivity contribution is -0.132. The van der Waals surface area contributed by atoms with Crippen molar-refractivity contribution in [2.75, 3.05) is 4.90 Å². The average Bonchev–Trinajstić information content (AvgIpc) is 3.10. The average molecular weight is 424 g/mol. The molecule has 5 nitrogen and oxygen atoms in total. The van der Waals surface area contributed by atoms with E-state index in [1.165, 1.54) is 29.2 Å². The van der Waals surface area contributed by atoms with E-state index < -0.39 is 23.5 Å². The minimum atomic E-state index is -0.887. The highest BCUT2D eigenvalue weighted by Crippen LogP contribution is 2.42. The fourth-order valence-electron chi connectivity index (χ4n) is 4.14. The Morgan fingerprint density at radius 2 is 1.56 bits per heavy atom. The lowest BCUT2D eigenvalue weighted by Crippen LogP contribution is -2.29. The molecule has 32 heavy (non-hydrogen) atoms. The molecular weight excluding hydrogens is 407 g/mol. The lowest BCUT2D eigenvalue weighted by atomic mass is 9.93. The monoisotopic (exact) mass is 424 g/mol. The quantitative estimate of drug-likeness (QED) is 0.285. The van der Waals surface area contributed by atoms with Crippen LogP contribution >= 0.6 is 0 Å². The molecule has 0 spiro atoms. The Hall–Kier alpha value is -4.32. The molecule has 0 aliphatic carbocycles. The van der Waals surface area contributed by atoms with Gasteiger partial charge in [0.1, 0.15) is 11.6 Å².